The predicted molar refractivity (Wildman–Crippen MR) is 103 cm³/mol. The number of halogens is 2. The second-order valence-corrected chi connectivity index (χ2v) is 8.64. The third kappa shape index (κ3) is 3.25. The molecule has 3 aliphatic rings. The van der Waals surface area contributed by atoms with Crippen LogP contribution in [0.4, 0.5) is 0 Å². The van der Waals surface area contributed by atoms with Crippen molar-refractivity contribution in [2.45, 2.75) is 43.9 Å². The molecule has 24 heavy (non-hydrogen) atoms. The molecule has 1 aromatic carbocycles. The quantitative estimate of drug-likeness (QED) is 0.788. The van der Waals surface area contributed by atoms with Gasteiger partial charge in [-0.1, -0.05) is 34.5 Å². The van der Waals surface area contributed by atoms with E-state index in [1.165, 1.54) is 37.7 Å². The number of amides is 1. The van der Waals surface area contributed by atoms with E-state index in [-0.39, 0.29) is 23.7 Å². The molecule has 1 aromatic rings. The Kier molecular flexibility index (Phi) is 5.29. The Morgan fingerprint density at radius 1 is 1.17 bits per heavy atom. The van der Waals surface area contributed by atoms with Crippen LogP contribution in [0.1, 0.15) is 44.1 Å². The SMILES string of the molecule is Cl.O=C(NCC1(c2ccc(Br)cc2)CCC1)C1CC12CCNCC2. The van der Waals surface area contributed by atoms with Crippen molar-refractivity contribution in [3.05, 3.63) is 34.3 Å². The summed E-state index contributed by atoms with van der Waals surface area (Å²) in [6, 6.07) is 8.64. The van der Waals surface area contributed by atoms with Crippen molar-refractivity contribution >= 4 is 34.2 Å². The van der Waals surface area contributed by atoms with E-state index in [9.17, 15) is 4.79 Å². The molecule has 0 aromatic heterocycles. The monoisotopic (exact) mass is 412 g/mol. The van der Waals surface area contributed by atoms with Gasteiger partial charge in [-0.15, -0.1) is 12.4 Å². The van der Waals surface area contributed by atoms with E-state index in [1.54, 1.807) is 0 Å². The molecule has 5 heteroatoms. The van der Waals surface area contributed by atoms with Crippen molar-refractivity contribution in [2.24, 2.45) is 11.3 Å². The van der Waals surface area contributed by atoms with Crippen LogP contribution in [0, 0.1) is 11.3 Å². The van der Waals surface area contributed by atoms with Gasteiger partial charge in [0.25, 0.3) is 0 Å². The Morgan fingerprint density at radius 3 is 2.42 bits per heavy atom. The first-order valence-corrected chi connectivity index (χ1v) is 9.68. The topological polar surface area (TPSA) is 41.1 Å². The number of piperidine rings is 1. The highest BCUT2D eigenvalue weighted by atomic mass is 79.9. The Bertz CT molecular complexity index is 594. The summed E-state index contributed by atoms with van der Waals surface area (Å²) in [4.78, 5) is 12.6. The molecule has 0 bridgehead atoms. The van der Waals surface area contributed by atoms with Crippen LogP contribution < -0.4 is 10.6 Å². The first kappa shape index (κ1) is 18.2. The van der Waals surface area contributed by atoms with Crippen molar-refractivity contribution in [3.63, 3.8) is 0 Å². The standard InChI is InChI=1S/C19H25BrN2O.ClH/c20-15-4-2-14(3-5-15)19(6-1-7-19)13-22-17(23)16-12-18(16)8-10-21-11-9-18;/h2-5,16,21H,1,6-13H2,(H,22,23);1H. The Labute approximate surface area is 158 Å². The summed E-state index contributed by atoms with van der Waals surface area (Å²) in [5, 5.41) is 6.71. The minimum Gasteiger partial charge on any atom is -0.355 e. The molecule has 2 N–H and O–H groups in total. The summed E-state index contributed by atoms with van der Waals surface area (Å²) < 4.78 is 1.12. The molecule has 1 amide bonds. The molecule has 2 aliphatic carbocycles. The van der Waals surface area contributed by atoms with Gasteiger partial charge in [0.05, 0.1) is 0 Å². The van der Waals surface area contributed by atoms with Gasteiger partial charge in [-0.2, -0.15) is 0 Å². The van der Waals surface area contributed by atoms with Gasteiger partial charge in [-0.25, -0.2) is 0 Å². The van der Waals surface area contributed by atoms with Crippen LogP contribution in [0.2, 0.25) is 0 Å². The molecule has 4 rings (SSSR count). The maximum absolute atomic E-state index is 12.6. The number of carbonyl (C=O) groups excluding carboxylic acids is 1. The number of benzene rings is 1. The third-order valence-electron chi connectivity index (χ3n) is 6.47. The van der Waals surface area contributed by atoms with Crippen molar-refractivity contribution in [3.8, 4) is 0 Å². The van der Waals surface area contributed by atoms with Gasteiger partial charge in [0.15, 0.2) is 0 Å². The van der Waals surface area contributed by atoms with Gasteiger partial charge >= 0.3 is 0 Å². The number of carbonyl (C=O) groups is 1. The Morgan fingerprint density at radius 2 is 1.83 bits per heavy atom. The molecular weight excluding hydrogens is 388 g/mol. The van der Waals surface area contributed by atoms with E-state index < -0.39 is 0 Å². The Hall–Kier alpha value is -0.580. The lowest BCUT2D eigenvalue weighted by Crippen LogP contribution is -2.46. The lowest BCUT2D eigenvalue weighted by molar-refractivity contribution is -0.123. The molecule has 0 radical (unpaired) electrons. The second kappa shape index (κ2) is 6.97. The molecule has 1 unspecified atom stereocenters. The fourth-order valence-corrected chi connectivity index (χ4v) is 4.81. The number of rotatable bonds is 4. The predicted octanol–water partition coefficient (Wildman–Crippen LogP) is 3.80. The van der Waals surface area contributed by atoms with E-state index in [0.29, 0.717) is 11.3 Å². The fraction of sp³-hybridized carbons (Fsp3) is 0.632. The summed E-state index contributed by atoms with van der Waals surface area (Å²) in [5.41, 5.74) is 1.88. The maximum atomic E-state index is 12.6. The molecule has 2 saturated carbocycles. The molecule has 3 fully saturated rings. The largest absolute Gasteiger partial charge is 0.355 e. The van der Waals surface area contributed by atoms with Gasteiger partial charge in [0.1, 0.15) is 0 Å². The van der Waals surface area contributed by atoms with E-state index >= 15 is 0 Å². The van der Waals surface area contributed by atoms with Crippen molar-refractivity contribution < 1.29 is 4.79 Å². The summed E-state index contributed by atoms with van der Waals surface area (Å²) in [7, 11) is 0. The zero-order chi connectivity index (χ0) is 15.9. The smallest absolute Gasteiger partial charge is 0.223 e. The van der Waals surface area contributed by atoms with Crippen molar-refractivity contribution in [1.82, 2.24) is 10.6 Å². The molecule has 1 heterocycles. The van der Waals surface area contributed by atoms with E-state index in [2.05, 4.69) is 50.8 Å². The van der Waals surface area contributed by atoms with Crippen molar-refractivity contribution in [1.29, 1.82) is 0 Å². The van der Waals surface area contributed by atoms with Gasteiger partial charge < -0.3 is 10.6 Å². The van der Waals surface area contributed by atoms with Crippen LogP contribution in [0.15, 0.2) is 28.7 Å². The first-order chi connectivity index (χ1) is 11.1. The summed E-state index contributed by atoms with van der Waals surface area (Å²) in [5.74, 6) is 0.571. The number of hydrogen-bond donors (Lipinski definition) is 2. The zero-order valence-electron chi connectivity index (χ0n) is 13.9. The average Bonchev–Trinajstić information content (AvgIpc) is 3.21. The molecule has 1 atom stereocenters. The molecular formula is C19H26BrClN2O. The second-order valence-electron chi connectivity index (χ2n) is 7.73. The molecule has 1 saturated heterocycles. The van der Waals surface area contributed by atoms with Crippen LogP contribution in [-0.2, 0) is 10.2 Å². The van der Waals surface area contributed by atoms with E-state index in [1.807, 2.05) is 0 Å². The Balaban J connectivity index is 0.00000169. The molecule has 1 spiro atoms. The summed E-state index contributed by atoms with van der Waals surface area (Å²) in [6.07, 6.45) is 7.09. The van der Waals surface area contributed by atoms with Gasteiger partial charge in [0.2, 0.25) is 5.91 Å². The number of hydrogen-bond acceptors (Lipinski definition) is 2. The average molecular weight is 414 g/mol. The normalized spacial score (nSPS) is 26.1. The minimum atomic E-state index is 0. The lowest BCUT2D eigenvalue weighted by Gasteiger charge is -2.42. The lowest BCUT2D eigenvalue weighted by atomic mass is 9.64. The van der Waals surface area contributed by atoms with Crippen molar-refractivity contribution in [2.75, 3.05) is 19.6 Å². The molecule has 1 aliphatic heterocycles. The highest BCUT2D eigenvalue weighted by Crippen LogP contribution is 2.58. The highest BCUT2D eigenvalue weighted by molar-refractivity contribution is 9.10. The minimum absolute atomic E-state index is 0. The number of nitrogens with one attached hydrogen (secondary N) is 2. The van der Waals surface area contributed by atoms with Crippen LogP contribution in [0.25, 0.3) is 0 Å². The van der Waals surface area contributed by atoms with Crippen LogP contribution >= 0.6 is 28.3 Å². The fourth-order valence-electron chi connectivity index (χ4n) is 4.55. The third-order valence-corrected chi connectivity index (χ3v) is 7.00. The molecule has 132 valence electrons. The van der Waals surface area contributed by atoms with Crippen LogP contribution in [0.5, 0.6) is 0 Å². The molecule has 3 nitrogen and oxygen atoms in total. The first-order valence-electron chi connectivity index (χ1n) is 8.88. The highest BCUT2D eigenvalue weighted by Gasteiger charge is 2.57. The van der Waals surface area contributed by atoms with Crippen LogP contribution in [-0.4, -0.2) is 25.5 Å². The summed E-state index contributed by atoms with van der Waals surface area (Å²) >= 11 is 3.51. The maximum Gasteiger partial charge on any atom is 0.223 e. The van der Waals surface area contributed by atoms with E-state index in [0.717, 1.165) is 30.5 Å². The van der Waals surface area contributed by atoms with Crippen LogP contribution in [0.3, 0.4) is 0 Å². The van der Waals surface area contributed by atoms with E-state index in [4.69, 9.17) is 0 Å². The summed E-state index contributed by atoms with van der Waals surface area (Å²) in [6.45, 7) is 2.96. The van der Waals surface area contributed by atoms with Gasteiger partial charge in [-0.05, 0) is 68.3 Å². The van der Waals surface area contributed by atoms with Gasteiger partial charge in [-0.3, -0.25) is 4.79 Å². The zero-order valence-corrected chi connectivity index (χ0v) is 16.3. The van der Waals surface area contributed by atoms with Gasteiger partial charge in [0, 0.05) is 22.4 Å².